The Kier molecular flexibility index (Phi) is 3.16. The molecule has 0 radical (unpaired) electrons. The summed E-state index contributed by atoms with van der Waals surface area (Å²) in [7, 11) is 0. The molecule has 0 bridgehead atoms. The van der Waals surface area contributed by atoms with Crippen LogP contribution in [-0.4, -0.2) is 10.9 Å². The Morgan fingerprint density at radius 3 is 2.71 bits per heavy atom. The van der Waals surface area contributed by atoms with Crippen molar-refractivity contribution in [2.24, 2.45) is 0 Å². The van der Waals surface area contributed by atoms with Gasteiger partial charge in [0.15, 0.2) is 5.78 Å². The van der Waals surface area contributed by atoms with Gasteiger partial charge in [-0.1, -0.05) is 12.1 Å². The van der Waals surface area contributed by atoms with Crippen LogP contribution in [0.25, 0.3) is 17.0 Å². The number of rotatable bonds is 3. The minimum absolute atomic E-state index is 0.228. The monoisotopic (exact) mass is 282 g/mol. The summed E-state index contributed by atoms with van der Waals surface area (Å²) in [6.07, 6.45) is 4.03. The fourth-order valence-electron chi connectivity index (χ4n) is 1.98. The molecule has 2 aromatic heterocycles. The predicted octanol–water partition coefficient (Wildman–Crippen LogP) is 2.99. The second-order valence-corrected chi connectivity index (χ2v) is 4.32. The summed E-state index contributed by atoms with van der Waals surface area (Å²) in [5.41, 5.74) is -1.04. The molecule has 0 spiro atoms. The van der Waals surface area contributed by atoms with E-state index >= 15 is 0 Å². The molecule has 0 saturated carbocycles. The minimum atomic E-state index is -0.875. The van der Waals surface area contributed by atoms with Gasteiger partial charge in [-0.3, -0.25) is 4.79 Å². The lowest BCUT2D eigenvalue weighted by atomic mass is 10.1. The number of fused-ring (bicyclic) bond motifs is 1. The van der Waals surface area contributed by atoms with Crippen LogP contribution in [-0.2, 0) is 0 Å². The summed E-state index contributed by atoms with van der Waals surface area (Å²) < 4.78 is 10.1. The number of aromatic hydroxyl groups is 1. The van der Waals surface area contributed by atoms with Crippen LogP contribution in [0.15, 0.2) is 62.4 Å². The van der Waals surface area contributed by atoms with Crippen LogP contribution in [0, 0.1) is 0 Å². The molecule has 3 rings (SSSR count). The third-order valence-electron chi connectivity index (χ3n) is 2.97. The van der Waals surface area contributed by atoms with Gasteiger partial charge in [0, 0.05) is 0 Å². The molecule has 0 aliphatic rings. The molecule has 2 heterocycles. The van der Waals surface area contributed by atoms with Crippen molar-refractivity contribution in [1.82, 2.24) is 0 Å². The molecule has 0 aliphatic carbocycles. The number of ketones is 1. The summed E-state index contributed by atoms with van der Waals surface area (Å²) in [5, 5.41) is 10.4. The van der Waals surface area contributed by atoms with E-state index in [9.17, 15) is 14.7 Å². The van der Waals surface area contributed by atoms with Gasteiger partial charge in [-0.05, 0) is 36.4 Å². The molecule has 0 fully saturated rings. The first kappa shape index (κ1) is 12.9. The summed E-state index contributed by atoms with van der Waals surface area (Å²) in [4.78, 5) is 23.9. The van der Waals surface area contributed by atoms with E-state index in [1.807, 2.05) is 0 Å². The quantitative estimate of drug-likeness (QED) is 0.453. The highest BCUT2D eigenvalue weighted by molar-refractivity contribution is 6.10. The topological polar surface area (TPSA) is 80.7 Å². The Hall–Kier alpha value is -3.08. The number of hydrogen-bond donors (Lipinski definition) is 1. The van der Waals surface area contributed by atoms with Gasteiger partial charge in [-0.25, -0.2) is 4.79 Å². The summed E-state index contributed by atoms with van der Waals surface area (Å²) >= 11 is 0. The van der Waals surface area contributed by atoms with Crippen LogP contribution in [0.4, 0.5) is 0 Å². The van der Waals surface area contributed by atoms with Gasteiger partial charge in [0.05, 0.1) is 11.6 Å². The number of para-hydroxylation sites is 1. The Morgan fingerprint density at radius 1 is 1.14 bits per heavy atom. The molecule has 0 amide bonds. The van der Waals surface area contributed by atoms with E-state index in [0.717, 1.165) is 6.08 Å². The van der Waals surface area contributed by atoms with E-state index in [0.29, 0.717) is 11.1 Å². The van der Waals surface area contributed by atoms with Crippen LogP contribution < -0.4 is 5.63 Å². The molecule has 3 aromatic rings. The van der Waals surface area contributed by atoms with Gasteiger partial charge in [-0.2, -0.15) is 0 Å². The predicted molar refractivity (Wildman–Crippen MR) is 76.2 cm³/mol. The molecule has 5 heteroatoms. The zero-order valence-electron chi connectivity index (χ0n) is 10.8. The van der Waals surface area contributed by atoms with E-state index in [1.165, 1.54) is 12.3 Å². The smallest absolute Gasteiger partial charge is 0.351 e. The molecule has 104 valence electrons. The first-order chi connectivity index (χ1) is 10.2. The van der Waals surface area contributed by atoms with Crippen LogP contribution in [0.3, 0.4) is 0 Å². The lowest BCUT2D eigenvalue weighted by Gasteiger charge is -2.03. The number of furan rings is 1. The molecule has 0 atom stereocenters. The number of benzene rings is 1. The average Bonchev–Trinajstić information content (AvgIpc) is 2.98. The number of allylic oxidation sites excluding steroid dienone is 1. The van der Waals surface area contributed by atoms with Crippen molar-refractivity contribution in [1.29, 1.82) is 0 Å². The zero-order valence-corrected chi connectivity index (χ0v) is 10.8. The molecule has 5 nitrogen and oxygen atoms in total. The fourth-order valence-corrected chi connectivity index (χ4v) is 1.98. The van der Waals surface area contributed by atoms with Crippen LogP contribution >= 0.6 is 0 Å². The lowest BCUT2D eigenvalue weighted by molar-refractivity contribution is 0.104. The standard InChI is InChI=1S/C16H10O5/c17-12(8-7-10-4-3-9-20-10)14-15(18)11-5-1-2-6-13(11)21-16(14)19/h1-9,18H/b8-7+. The number of carbonyl (C=O) groups excluding carboxylic acids is 1. The highest BCUT2D eigenvalue weighted by atomic mass is 16.4. The molecular formula is C16H10O5. The van der Waals surface area contributed by atoms with E-state index < -0.39 is 17.0 Å². The van der Waals surface area contributed by atoms with Gasteiger partial charge in [-0.15, -0.1) is 0 Å². The highest BCUT2D eigenvalue weighted by Crippen LogP contribution is 2.26. The third-order valence-corrected chi connectivity index (χ3v) is 2.97. The van der Waals surface area contributed by atoms with Crippen molar-refractivity contribution in [2.75, 3.05) is 0 Å². The molecule has 1 aromatic carbocycles. The Bertz CT molecular complexity index is 885. The second-order valence-electron chi connectivity index (χ2n) is 4.32. The fraction of sp³-hybridized carbons (Fsp3) is 0. The number of carbonyl (C=O) groups is 1. The molecule has 0 saturated heterocycles. The van der Waals surface area contributed by atoms with Crippen LogP contribution in [0.2, 0.25) is 0 Å². The van der Waals surface area contributed by atoms with E-state index in [2.05, 4.69) is 0 Å². The normalized spacial score (nSPS) is 11.2. The van der Waals surface area contributed by atoms with Gasteiger partial charge < -0.3 is 13.9 Å². The van der Waals surface area contributed by atoms with E-state index in [-0.39, 0.29) is 11.3 Å². The van der Waals surface area contributed by atoms with Gasteiger partial charge in [0.2, 0.25) is 0 Å². The minimum Gasteiger partial charge on any atom is -0.506 e. The van der Waals surface area contributed by atoms with E-state index in [4.69, 9.17) is 8.83 Å². The molecule has 21 heavy (non-hydrogen) atoms. The Morgan fingerprint density at radius 2 is 1.95 bits per heavy atom. The first-order valence-corrected chi connectivity index (χ1v) is 6.17. The SMILES string of the molecule is O=C(/C=C/c1ccco1)c1c(O)c2ccccc2oc1=O. The van der Waals surface area contributed by atoms with Gasteiger partial charge in [0.1, 0.15) is 22.7 Å². The first-order valence-electron chi connectivity index (χ1n) is 6.17. The maximum atomic E-state index is 12.1. The maximum absolute atomic E-state index is 12.1. The largest absolute Gasteiger partial charge is 0.506 e. The second kappa shape index (κ2) is 5.13. The molecule has 0 unspecified atom stereocenters. The summed E-state index contributed by atoms with van der Waals surface area (Å²) in [6.45, 7) is 0. The third kappa shape index (κ3) is 2.36. The molecule has 0 aliphatic heterocycles. The van der Waals surface area contributed by atoms with Crippen molar-refractivity contribution < 1.29 is 18.7 Å². The maximum Gasteiger partial charge on any atom is 0.351 e. The Labute approximate surface area is 118 Å². The van der Waals surface area contributed by atoms with Crippen LogP contribution in [0.1, 0.15) is 16.1 Å². The average molecular weight is 282 g/mol. The van der Waals surface area contributed by atoms with Crippen molar-refractivity contribution in [3.05, 3.63) is 70.5 Å². The zero-order chi connectivity index (χ0) is 14.8. The van der Waals surface area contributed by atoms with Crippen molar-refractivity contribution in [3.63, 3.8) is 0 Å². The van der Waals surface area contributed by atoms with Gasteiger partial charge >= 0.3 is 5.63 Å². The lowest BCUT2D eigenvalue weighted by Crippen LogP contribution is -2.12. The van der Waals surface area contributed by atoms with E-state index in [1.54, 1.807) is 36.4 Å². The number of hydrogen-bond acceptors (Lipinski definition) is 5. The van der Waals surface area contributed by atoms with Crippen molar-refractivity contribution in [3.8, 4) is 5.75 Å². The summed E-state index contributed by atoms with van der Waals surface area (Å²) in [5.74, 6) is -0.563. The van der Waals surface area contributed by atoms with Gasteiger partial charge in [0.25, 0.3) is 0 Å². The van der Waals surface area contributed by atoms with Crippen LogP contribution in [0.5, 0.6) is 5.75 Å². The molecular weight excluding hydrogens is 272 g/mol. The highest BCUT2D eigenvalue weighted by Gasteiger charge is 2.18. The van der Waals surface area contributed by atoms with Crippen molar-refractivity contribution >= 4 is 22.8 Å². The molecule has 1 N–H and O–H groups in total. The van der Waals surface area contributed by atoms with Crippen molar-refractivity contribution in [2.45, 2.75) is 0 Å². The Balaban J connectivity index is 2.08. The summed E-state index contributed by atoms with van der Waals surface area (Å²) in [6, 6.07) is 9.79.